The monoisotopic (exact) mass is 487 g/mol. The molecule has 3 aromatic rings. The van der Waals surface area contributed by atoms with E-state index in [-0.39, 0.29) is 41.2 Å². The average Bonchev–Trinajstić information content (AvgIpc) is 3.18. The molecule has 182 valence electrons. The van der Waals surface area contributed by atoms with Crippen molar-refractivity contribution >= 4 is 16.9 Å². The number of alkyl halides is 3. The van der Waals surface area contributed by atoms with Gasteiger partial charge in [0.15, 0.2) is 11.3 Å². The Morgan fingerprint density at radius 2 is 2.09 bits per heavy atom. The minimum atomic E-state index is -4.57. The standard InChI is InChI=1S/C22H20F3N7O3/c1-11(12-2-5-16(27-9-12)22(23,24)25)32-20-18(14(8-26)30-32)21(34)29-19(28-20)13-3-4-15(13)31-6-7-35-10-17(31)33/h2,5,9,11,13,15H,3-4,6-7,10H2,1H3,(H,28,29,34). The zero-order valence-corrected chi connectivity index (χ0v) is 18.5. The third-order valence-electron chi connectivity index (χ3n) is 6.62. The molecule has 2 fully saturated rings. The van der Waals surface area contributed by atoms with Crippen molar-refractivity contribution in [1.29, 1.82) is 5.26 Å². The quantitative estimate of drug-likeness (QED) is 0.597. The molecule has 0 spiro atoms. The number of morpholine rings is 1. The lowest BCUT2D eigenvalue weighted by molar-refractivity contribution is -0.148. The van der Waals surface area contributed by atoms with Crippen molar-refractivity contribution in [3.05, 3.63) is 51.5 Å². The van der Waals surface area contributed by atoms with Gasteiger partial charge in [-0.05, 0) is 31.4 Å². The molecule has 2 aliphatic rings. The van der Waals surface area contributed by atoms with Crippen LogP contribution in [0.5, 0.6) is 0 Å². The normalized spacial score (nSPS) is 21.6. The lowest BCUT2D eigenvalue weighted by atomic mass is 9.77. The molecule has 1 aliphatic carbocycles. The molecule has 10 nitrogen and oxygen atoms in total. The highest BCUT2D eigenvalue weighted by atomic mass is 19.4. The number of nitrogens with zero attached hydrogens (tertiary/aromatic N) is 6. The number of hydrogen-bond donors (Lipinski definition) is 1. The smallest absolute Gasteiger partial charge is 0.370 e. The number of halogens is 3. The number of carbonyl (C=O) groups is 1. The highest BCUT2D eigenvalue weighted by molar-refractivity contribution is 5.80. The average molecular weight is 487 g/mol. The summed E-state index contributed by atoms with van der Waals surface area (Å²) >= 11 is 0. The van der Waals surface area contributed by atoms with Crippen molar-refractivity contribution in [3.8, 4) is 6.07 Å². The van der Waals surface area contributed by atoms with Crippen molar-refractivity contribution < 1.29 is 22.7 Å². The Kier molecular flexibility index (Phi) is 5.55. The Labute approximate surface area is 196 Å². The van der Waals surface area contributed by atoms with Gasteiger partial charge in [0.05, 0.1) is 12.6 Å². The number of fused-ring (bicyclic) bond motifs is 1. The zero-order chi connectivity index (χ0) is 24.9. The highest BCUT2D eigenvalue weighted by Crippen LogP contribution is 2.39. The van der Waals surface area contributed by atoms with Crippen LogP contribution >= 0.6 is 0 Å². The summed E-state index contributed by atoms with van der Waals surface area (Å²) in [7, 11) is 0. The summed E-state index contributed by atoms with van der Waals surface area (Å²) in [6, 6.07) is 3.24. The summed E-state index contributed by atoms with van der Waals surface area (Å²) in [4.78, 5) is 37.9. The van der Waals surface area contributed by atoms with Gasteiger partial charge in [-0.2, -0.15) is 23.5 Å². The van der Waals surface area contributed by atoms with E-state index >= 15 is 0 Å². The van der Waals surface area contributed by atoms with Gasteiger partial charge in [-0.1, -0.05) is 6.07 Å². The number of H-pyrrole nitrogens is 1. The van der Waals surface area contributed by atoms with Crippen LogP contribution in [0.3, 0.4) is 0 Å². The van der Waals surface area contributed by atoms with Crippen LogP contribution in [-0.2, 0) is 15.7 Å². The molecule has 3 unspecified atom stereocenters. The fourth-order valence-electron chi connectivity index (χ4n) is 4.60. The molecule has 3 aromatic heterocycles. The molecule has 0 aromatic carbocycles. The van der Waals surface area contributed by atoms with Crippen LogP contribution in [0, 0.1) is 11.3 Å². The van der Waals surface area contributed by atoms with Gasteiger partial charge in [0.2, 0.25) is 5.91 Å². The van der Waals surface area contributed by atoms with E-state index in [1.165, 1.54) is 10.7 Å². The van der Waals surface area contributed by atoms with E-state index in [0.717, 1.165) is 18.7 Å². The number of carbonyl (C=O) groups excluding carboxylic acids is 1. The van der Waals surface area contributed by atoms with Crippen LogP contribution < -0.4 is 5.56 Å². The number of nitriles is 1. The fourth-order valence-corrected chi connectivity index (χ4v) is 4.60. The van der Waals surface area contributed by atoms with Crippen molar-refractivity contribution in [2.24, 2.45) is 0 Å². The molecule has 1 N–H and O–H groups in total. The first-order valence-corrected chi connectivity index (χ1v) is 11.0. The van der Waals surface area contributed by atoms with Crippen LogP contribution in [0.15, 0.2) is 23.1 Å². The Bertz CT molecular complexity index is 1390. The van der Waals surface area contributed by atoms with Crippen molar-refractivity contribution in [3.63, 3.8) is 0 Å². The maximum Gasteiger partial charge on any atom is 0.433 e. The SMILES string of the molecule is CC(c1ccc(C(F)(F)F)nc1)n1nc(C#N)c2c(=O)[nH]c(C3CCC3N3CCOCC3=O)nc21. The number of aromatic amines is 1. The third kappa shape index (κ3) is 3.93. The van der Waals surface area contributed by atoms with Gasteiger partial charge in [0, 0.05) is 24.7 Å². The summed E-state index contributed by atoms with van der Waals surface area (Å²) in [5.41, 5.74) is -1.16. The molecule has 1 aliphatic heterocycles. The van der Waals surface area contributed by atoms with Crippen LogP contribution in [-0.4, -0.2) is 61.3 Å². The Morgan fingerprint density at radius 1 is 1.29 bits per heavy atom. The zero-order valence-electron chi connectivity index (χ0n) is 18.5. The lowest BCUT2D eigenvalue weighted by Gasteiger charge is -2.45. The summed E-state index contributed by atoms with van der Waals surface area (Å²) < 4.78 is 45.2. The van der Waals surface area contributed by atoms with Gasteiger partial charge in [0.1, 0.15) is 29.6 Å². The number of nitrogens with one attached hydrogen (secondary N) is 1. The molecule has 4 heterocycles. The number of rotatable bonds is 4. The van der Waals surface area contributed by atoms with Gasteiger partial charge in [-0.3, -0.25) is 14.6 Å². The topological polar surface area (TPSA) is 130 Å². The molecule has 1 saturated carbocycles. The predicted molar refractivity (Wildman–Crippen MR) is 114 cm³/mol. The first-order chi connectivity index (χ1) is 16.7. The second-order valence-electron chi connectivity index (χ2n) is 8.60. The number of pyridine rings is 1. The number of aromatic nitrogens is 5. The van der Waals surface area contributed by atoms with Gasteiger partial charge >= 0.3 is 6.18 Å². The van der Waals surface area contributed by atoms with E-state index in [1.807, 2.05) is 6.07 Å². The highest BCUT2D eigenvalue weighted by Gasteiger charge is 2.41. The van der Waals surface area contributed by atoms with E-state index in [1.54, 1.807) is 11.8 Å². The van der Waals surface area contributed by atoms with Crippen LogP contribution in [0.4, 0.5) is 13.2 Å². The number of amides is 1. The minimum Gasteiger partial charge on any atom is -0.370 e. The molecule has 0 radical (unpaired) electrons. The lowest BCUT2D eigenvalue weighted by Crippen LogP contribution is -2.54. The van der Waals surface area contributed by atoms with E-state index in [9.17, 15) is 28.0 Å². The van der Waals surface area contributed by atoms with Crippen LogP contribution in [0.1, 0.15) is 54.5 Å². The molecule has 5 rings (SSSR count). The Morgan fingerprint density at radius 3 is 2.69 bits per heavy atom. The molecule has 1 amide bonds. The number of hydrogen-bond acceptors (Lipinski definition) is 7. The minimum absolute atomic E-state index is 0.00120. The van der Waals surface area contributed by atoms with Gasteiger partial charge < -0.3 is 14.6 Å². The summed E-state index contributed by atoms with van der Waals surface area (Å²) in [6.07, 6.45) is -2.01. The van der Waals surface area contributed by atoms with E-state index in [4.69, 9.17) is 4.74 Å². The fraction of sp³-hybridized carbons (Fsp3) is 0.455. The van der Waals surface area contributed by atoms with Crippen molar-refractivity contribution in [2.75, 3.05) is 19.8 Å². The largest absolute Gasteiger partial charge is 0.433 e. The van der Waals surface area contributed by atoms with Gasteiger partial charge in [0.25, 0.3) is 5.56 Å². The van der Waals surface area contributed by atoms with Crippen molar-refractivity contribution in [1.82, 2.24) is 29.6 Å². The molecule has 35 heavy (non-hydrogen) atoms. The summed E-state index contributed by atoms with van der Waals surface area (Å²) in [5, 5.41) is 13.8. The van der Waals surface area contributed by atoms with Gasteiger partial charge in [-0.15, -0.1) is 0 Å². The first kappa shape index (κ1) is 23.0. The molecular weight excluding hydrogens is 467 g/mol. The molecule has 0 bridgehead atoms. The third-order valence-corrected chi connectivity index (χ3v) is 6.62. The first-order valence-electron chi connectivity index (χ1n) is 11.0. The second-order valence-corrected chi connectivity index (χ2v) is 8.60. The van der Waals surface area contributed by atoms with Crippen LogP contribution in [0.2, 0.25) is 0 Å². The van der Waals surface area contributed by atoms with Crippen LogP contribution in [0.25, 0.3) is 11.0 Å². The predicted octanol–water partition coefficient (Wildman–Crippen LogP) is 2.12. The van der Waals surface area contributed by atoms with E-state index in [2.05, 4.69) is 20.1 Å². The van der Waals surface area contributed by atoms with Crippen molar-refractivity contribution in [2.45, 2.75) is 43.9 Å². The second kappa shape index (κ2) is 8.46. The van der Waals surface area contributed by atoms with E-state index in [0.29, 0.717) is 31.0 Å². The Balaban J connectivity index is 1.54. The van der Waals surface area contributed by atoms with Gasteiger partial charge in [-0.25, -0.2) is 9.67 Å². The Hall–Kier alpha value is -3.79. The molecule has 1 saturated heterocycles. The summed E-state index contributed by atoms with van der Waals surface area (Å²) in [6.45, 7) is 2.58. The molecule has 13 heteroatoms. The molecular formula is C22H20F3N7O3. The summed E-state index contributed by atoms with van der Waals surface area (Å²) in [5.74, 6) is 0.0575. The maximum absolute atomic E-state index is 13.0. The number of ether oxygens (including phenoxy) is 1. The molecule has 3 atom stereocenters. The van der Waals surface area contributed by atoms with E-state index < -0.39 is 23.5 Å². The maximum atomic E-state index is 13.0.